The summed E-state index contributed by atoms with van der Waals surface area (Å²) in [4.78, 5) is 1.27. The van der Waals surface area contributed by atoms with Gasteiger partial charge in [0.15, 0.2) is 0 Å². The van der Waals surface area contributed by atoms with E-state index in [0.717, 1.165) is 17.7 Å². The molecular weight excluding hydrogens is 386 g/mol. The molecule has 1 unspecified atom stereocenters. The summed E-state index contributed by atoms with van der Waals surface area (Å²) < 4.78 is 44.1. The van der Waals surface area contributed by atoms with Crippen molar-refractivity contribution in [1.29, 1.82) is 0 Å². The summed E-state index contributed by atoms with van der Waals surface area (Å²) in [6.45, 7) is 2.32. The zero-order valence-corrected chi connectivity index (χ0v) is 17.0. The molecule has 0 N–H and O–H groups in total. The average Bonchev–Trinajstić information content (AvgIpc) is 3.36. The number of nitrogens with zero attached hydrogens (tertiary/aromatic N) is 1. The van der Waals surface area contributed by atoms with E-state index in [2.05, 4.69) is 0 Å². The van der Waals surface area contributed by atoms with Crippen molar-refractivity contribution in [2.45, 2.75) is 30.4 Å². The monoisotopic (exact) mass is 411 g/mol. The topological polar surface area (TPSA) is 65.1 Å². The van der Waals surface area contributed by atoms with Gasteiger partial charge in [-0.15, -0.1) is 11.3 Å². The fraction of sp³-hybridized carbons (Fsp3) is 0.474. The first-order chi connectivity index (χ1) is 13.1. The Kier molecular flexibility index (Phi) is 7.26. The zero-order valence-electron chi connectivity index (χ0n) is 15.4. The van der Waals surface area contributed by atoms with Crippen molar-refractivity contribution in [3.63, 3.8) is 0 Å². The summed E-state index contributed by atoms with van der Waals surface area (Å²) in [5.41, 5.74) is 0. The minimum absolute atomic E-state index is 0.0450. The second kappa shape index (κ2) is 9.66. The van der Waals surface area contributed by atoms with Crippen molar-refractivity contribution in [3.8, 4) is 5.75 Å². The van der Waals surface area contributed by atoms with E-state index in [1.807, 2.05) is 17.5 Å². The van der Waals surface area contributed by atoms with Crippen molar-refractivity contribution in [2.75, 3.05) is 33.5 Å². The van der Waals surface area contributed by atoms with Gasteiger partial charge in [0.2, 0.25) is 10.0 Å². The van der Waals surface area contributed by atoms with Crippen LogP contribution in [0.25, 0.3) is 0 Å². The highest BCUT2D eigenvalue weighted by Crippen LogP contribution is 2.25. The number of hydrogen-bond donors (Lipinski definition) is 0. The molecule has 1 aromatic carbocycles. The van der Waals surface area contributed by atoms with Gasteiger partial charge in [0.05, 0.1) is 17.6 Å². The normalized spacial score (nSPS) is 17.5. The van der Waals surface area contributed by atoms with Gasteiger partial charge in [0.25, 0.3) is 0 Å². The molecule has 1 aromatic heterocycles. The predicted molar refractivity (Wildman–Crippen MR) is 105 cm³/mol. The molecule has 1 fully saturated rings. The van der Waals surface area contributed by atoms with E-state index >= 15 is 0 Å². The van der Waals surface area contributed by atoms with Gasteiger partial charge in [-0.3, -0.25) is 0 Å². The Morgan fingerprint density at radius 2 is 2.04 bits per heavy atom. The minimum Gasteiger partial charge on any atom is -0.491 e. The molecule has 0 aliphatic carbocycles. The third-order valence-corrected chi connectivity index (χ3v) is 7.05. The van der Waals surface area contributed by atoms with Crippen LogP contribution in [0.3, 0.4) is 0 Å². The number of ether oxygens (including phenoxy) is 3. The number of thiophene rings is 1. The molecular formula is C19H25NO5S2. The lowest BCUT2D eigenvalue weighted by atomic mass is 10.2. The van der Waals surface area contributed by atoms with Crippen molar-refractivity contribution < 1.29 is 22.6 Å². The molecule has 0 bridgehead atoms. The molecule has 148 valence electrons. The van der Waals surface area contributed by atoms with Crippen LogP contribution in [0.5, 0.6) is 5.75 Å². The van der Waals surface area contributed by atoms with Gasteiger partial charge in [-0.2, -0.15) is 4.31 Å². The maximum absolute atomic E-state index is 13.2. The Bertz CT molecular complexity index is 784. The highest BCUT2D eigenvalue weighted by atomic mass is 32.2. The molecule has 1 saturated heterocycles. The molecule has 2 aromatic rings. The molecule has 0 spiro atoms. The Balaban J connectivity index is 1.76. The first kappa shape index (κ1) is 20.3. The SMILES string of the molecule is COCCOc1ccc(S(=O)(=O)N(Cc2cccs2)CC2CCCO2)cc1. The second-order valence-corrected chi connectivity index (χ2v) is 9.29. The third-order valence-electron chi connectivity index (χ3n) is 4.36. The lowest BCUT2D eigenvalue weighted by Crippen LogP contribution is -2.36. The van der Waals surface area contributed by atoms with Gasteiger partial charge in [0, 0.05) is 31.7 Å². The van der Waals surface area contributed by atoms with Gasteiger partial charge in [-0.1, -0.05) is 6.07 Å². The van der Waals surface area contributed by atoms with Gasteiger partial charge in [-0.25, -0.2) is 8.42 Å². The van der Waals surface area contributed by atoms with Crippen LogP contribution in [0.15, 0.2) is 46.7 Å². The molecule has 0 radical (unpaired) electrons. The summed E-state index contributed by atoms with van der Waals surface area (Å²) in [6.07, 6.45) is 1.82. The second-order valence-electron chi connectivity index (χ2n) is 6.32. The van der Waals surface area contributed by atoms with Crippen LogP contribution in [0, 0.1) is 0 Å². The van der Waals surface area contributed by atoms with E-state index in [1.165, 1.54) is 4.31 Å². The molecule has 1 aliphatic heterocycles. The first-order valence-electron chi connectivity index (χ1n) is 8.95. The van der Waals surface area contributed by atoms with Crippen molar-refractivity contribution in [2.24, 2.45) is 0 Å². The predicted octanol–water partition coefficient (Wildman–Crippen LogP) is 3.14. The summed E-state index contributed by atoms with van der Waals surface area (Å²) in [7, 11) is -2.02. The van der Waals surface area contributed by atoms with E-state index < -0.39 is 10.0 Å². The van der Waals surface area contributed by atoms with Gasteiger partial charge < -0.3 is 14.2 Å². The number of hydrogen-bond acceptors (Lipinski definition) is 6. The van der Waals surface area contributed by atoms with Crippen molar-refractivity contribution >= 4 is 21.4 Å². The molecule has 8 heteroatoms. The molecule has 1 atom stereocenters. The molecule has 27 heavy (non-hydrogen) atoms. The van der Waals surface area contributed by atoms with Crippen molar-refractivity contribution in [3.05, 3.63) is 46.7 Å². The Morgan fingerprint density at radius 1 is 1.22 bits per heavy atom. The van der Waals surface area contributed by atoms with E-state index in [1.54, 1.807) is 42.7 Å². The number of benzene rings is 1. The summed E-state index contributed by atoms with van der Waals surface area (Å²) >= 11 is 1.56. The Hall–Kier alpha value is -1.45. The highest BCUT2D eigenvalue weighted by molar-refractivity contribution is 7.89. The zero-order chi connectivity index (χ0) is 19.1. The van der Waals surface area contributed by atoms with Gasteiger partial charge in [0.1, 0.15) is 12.4 Å². The van der Waals surface area contributed by atoms with E-state index in [4.69, 9.17) is 14.2 Å². The number of methoxy groups -OCH3 is 1. The lowest BCUT2D eigenvalue weighted by molar-refractivity contribution is 0.0927. The Morgan fingerprint density at radius 3 is 2.67 bits per heavy atom. The molecule has 1 aliphatic rings. The standard InChI is InChI=1S/C19H25NO5S2/c1-23-11-12-25-16-6-8-19(9-7-16)27(21,22)20(14-17-4-2-10-24-17)15-18-5-3-13-26-18/h3,5-9,13,17H,2,4,10-12,14-15H2,1H3. The third kappa shape index (κ3) is 5.52. The number of sulfonamides is 1. The van der Waals surface area contributed by atoms with Crippen LogP contribution in [0.4, 0.5) is 0 Å². The summed E-state index contributed by atoms with van der Waals surface area (Å²) in [5.74, 6) is 0.620. The molecule has 0 saturated carbocycles. The molecule has 3 rings (SSSR count). The number of rotatable bonds is 10. The van der Waals surface area contributed by atoms with Crippen LogP contribution in [-0.2, 0) is 26.0 Å². The van der Waals surface area contributed by atoms with Crippen LogP contribution >= 0.6 is 11.3 Å². The van der Waals surface area contributed by atoms with Crippen LogP contribution in [-0.4, -0.2) is 52.3 Å². The van der Waals surface area contributed by atoms with Gasteiger partial charge in [-0.05, 0) is 48.6 Å². The first-order valence-corrected chi connectivity index (χ1v) is 11.3. The van der Waals surface area contributed by atoms with E-state index in [-0.39, 0.29) is 11.0 Å². The smallest absolute Gasteiger partial charge is 0.243 e. The lowest BCUT2D eigenvalue weighted by Gasteiger charge is -2.24. The summed E-state index contributed by atoms with van der Waals surface area (Å²) in [6, 6.07) is 10.4. The van der Waals surface area contributed by atoms with Gasteiger partial charge >= 0.3 is 0 Å². The Labute approximate surface area is 164 Å². The molecule has 2 heterocycles. The van der Waals surface area contributed by atoms with Crippen LogP contribution in [0.2, 0.25) is 0 Å². The highest BCUT2D eigenvalue weighted by Gasteiger charge is 2.29. The van der Waals surface area contributed by atoms with Crippen LogP contribution < -0.4 is 4.74 Å². The largest absolute Gasteiger partial charge is 0.491 e. The molecule has 0 amide bonds. The average molecular weight is 412 g/mol. The molecule has 6 nitrogen and oxygen atoms in total. The van der Waals surface area contributed by atoms with Crippen LogP contribution in [0.1, 0.15) is 17.7 Å². The quantitative estimate of drug-likeness (QED) is 0.562. The maximum atomic E-state index is 13.2. The van der Waals surface area contributed by atoms with E-state index in [9.17, 15) is 8.42 Å². The summed E-state index contributed by atoms with van der Waals surface area (Å²) in [5, 5.41) is 1.96. The van der Waals surface area contributed by atoms with E-state index in [0.29, 0.717) is 38.7 Å². The minimum atomic E-state index is -3.63. The maximum Gasteiger partial charge on any atom is 0.243 e. The van der Waals surface area contributed by atoms with Crippen molar-refractivity contribution in [1.82, 2.24) is 4.31 Å². The fourth-order valence-electron chi connectivity index (χ4n) is 2.94. The fourth-order valence-corrected chi connectivity index (χ4v) is 5.19.